The second-order valence-corrected chi connectivity index (χ2v) is 5.32. The summed E-state index contributed by atoms with van der Waals surface area (Å²) < 4.78 is 0.0622. The van der Waals surface area contributed by atoms with Crippen LogP contribution in [0.15, 0.2) is 12.2 Å². The highest BCUT2D eigenvalue weighted by molar-refractivity contribution is 8.02. The Labute approximate surface area is 86.8 Å². The van der Waals surface area contributed by atoms with Crippen LogP contribution in [0.5, 0.6) is 0 Å². The second kappa shape index (κ2) is 4.04. The van der Waals surface area contributed by atoms with Gasteiger partial charge in [-0.1, -0.05) is 0 Å². The van der Waals surface area contributed by atoms with Crippen LogP contribution in [0.4, 0.5) is 0 Å². The van der Waals surface area contributed by atoms with Gasteiger partial charge in [-0.05, 0) is 13.8 Å². The number of aliphatic carboxylic acids is 1. The number of carboxylic acid groups (broad SMARTS) is 1. The summed E-state index contributed by atoms with van der Waals surface area (Å²) in [5.41, 5.74) is 0. The fourth-order valence-corrected chi connectivity index (χ4v) is 2.22. The molecule has 1 amide bonds. The van der Waals surface area contributed by atoms with E-state index in [-0.39, 0.29) is 16.7 Å². The Morgan fingerprint density at radius 2 is 2.14 bits per heavy atom. The third-order valence-electron chi connectivity index (χ3n) is 2.15. The van der Waals surface area contributed by atoms with Crippen molar-refractivity contribution in [2.75, 3.05) is 5.75 Å². The third-order valence-corrected chi connectivity index (χ3v) is 3.68. The van der Waals surface area contributed by atoms with Crippen molar-refractivity contribution in [3.8, 4) is 0 Å². The lowest BCUT2D eigenvalue weighted by Crippen LogP contribution is -2.56. The highest BCUT2D eigenvalue weighted by Crippen LogP contribution is 2.39. The van der Waals surface area contributed by atoms with Gasteiger partial charge in [-0.3, -0.25) is 4.79 Å². The summed E-state index contributed by atoms with van der Waals surface area (Å²) in [5.74, 6) is -0.562. The number of hydrogen-bond acceptors (Lipinski definition) is 3. The maximum Gasteiger partial charge on any atom is 0.328 e. The first-order valence-electron chi connectivity index (χ1n) is 4.27. The molecule has 1 aliphatic heterocycles. The molecule has 1 rings (SSSR count). The van der Waals surface area contributed by atoms with Crippen molar-refractivity contribution in [1.82, 2.24) is 5.32 Å². The van der Waals surface area contributed by atoms with Crippen molar-refractivity contribution in [3.05, 3.63) is 12.2 Å². The van der Waals surface area contributed by atoms with Gasteiger partial charge in [0.1, 0.15) is 0 Å². The van der Waals surface area contributed by atoms with Gasteiger partial charge in [0.05, 0.1) is 6.04 Å². The maximum atomic E-state index is 11.2. The highest BCUT2D eigenvalue weighted by Gasteiger charge is 2.39. The van der Waals surface area contributed by atoms with Crippen LogP contribution in [0.25, 0.3) is 0 Å². The van der Waals surface area contributed by atoms with Crippen LogP contribution < -0.4 is 5.32 Å². The SMILES string of the molecule is CC1(C)SCC1NC(=O)/C=C\C(=O)O. The lowest BCUT2D eigenvalue weighted by molar-refractivity contribution is -0.131. The molecule has 0 aromatic heterocycles. The van der Waals surface area contributed by atoms with E-state index in [4.69, 9.17) is 5.11 Å². The minimum absolute atomic E-state index is 0.0622. The first kappa shape index (κ1) is 11.1. The van der Waals surface area contributed by atoms with Crippen LogP contribution in [-0.4, -0.2) is 33.5 Å². The lowest BCUT2D eigenvalue weighted by atomic mass is 10.0. The van der Waals surface area contributed by atoms with E-state index in [1.807, 2.05) is 13.8 Å². The largest absolute Gasteiger partial charge is 0.478 e. The zero-order chi connectivity index (χ0) is 10.8. The van der Waals surface area contributed by atoms with Crippen molar-refractivity contribution < 1.29 is 14.7 Å². The van der Waals surface area contributed by atoms with Crippen molar-refractivity contribution >= 4 is 23.6 Å². The van der Waals surface area contributed by atoms with Crippen molar-refractivity contribution in [1.29, 1.82) is 0 Å². The number of hydrogen-bond donors (Lipinski definition) is 2. The fraction of sp³-hybridized carbons (Fsp3) is 0.556. The van der Waals surface area contributed by atoms with Gasteiger partial charge in [0, 0.05) is 22.7 Å². The van der Waals surface area contributed by atoms with Crippen molar-refractivity contribution in [2.24, 2.45) is 0 Å². The maximum absolute atomic E-state index is 11.2. The molecule has 4 nitrogen and oxygen atoms in total. The van der Waals surface area contributed by atoms with Gasteiger partial charge in [0.25, 0.3) is 0 Å². The van der Waals surface area contributed by atoms with Gasteiger partial charge < -0.3 is 10.4 Å². The number of thioether (sulfide) groups is 1. The van der Waals surface area contributed by atoms with Crippen LogP contribution in [0, 0.1) is 0 Å². The number of carbonyl (C=O) groups excluding carboxylic acids is 1. The molecule has 1 aliphatic rings. The molecule has 0 aromatic rings. The molecule has 1 heterocycles. The van der Waals surface area contributed by atoms with Gasteiger partial charge in [0.2, 0.25) is 5.91 Å². The highest BCUT2D eigenvalue weighted by atomic mass is 32.2. The fourth-order valence-electron chi connectivity index (χ4n) is 1.08. The summed E-state index contributed by atoms with van der Waals surface area (Å²) in [6.45, 7) is 4.10. The van der Waals surface area contributed by atoms with E-state index < -0.39 is 5.97 Å². The monoisotopic (exact) mass is 215 g/mol. The van der Waals surface area contributed by atoms with Gasteiger partial charge in [-0.2, -0.15) is 11.8 Å². The molecule has 0 spiro atoms. The minimum Gasteiger partial charge on any atom is -0.478 e. The standard InChI is InChI=1S/C9H13NO3S/c1-9(2)6(5-14-9)10-7(11)3-4-8(12)13/h3-4,6H,5H2,1-2H3,(H,10,11)(H,12,13)/b4-3-. The van der Waals surface area contributed by atoms with E-state index in [1.165, 1.54) is 0 Å². The van der Waals surface area contributed by atoms with E-state index in [0.717, 1.165) is 17.9 Å². The number of carbonyl (C=O) groups is 2. The molecule has 14 heavy (non-hydrogen) atoms. The van der Waals surface area contributed by atoms with Gasteiger partial charge in [0.15, 0.2) is 0 Å². The summed E-state index contributed by atoms with van der Waals surface area (Å²) >= 11 is 1.78. The van der Waals surface area contributed by atoms with Crippen LogP contribution in [-0.2, 0) is 9.59 Å². The Hall–Kier alpha value is -0.970. The van der Waals surface area contributed by atoms with Gasteiger partial charge >= 0.3 is 5.97 Å². The van der Waals surface area contributed by atoms with E-state index >= 15 is 0 Å². The molecule has 1 fully saturated rings. The molecule has 1 atom stereocenters. The van der Waals surface area contributed by atoms with E-state index in [2.05, 4.69) is 5.32 Å². The Kier molecular flexibility index (Phi) is 3.21. The Balaban J connectivity index is 2.38. The minimum atomic E-state index is -1.11. The summed E-state index contributed by atoms with van der Waals surface area (Å²) in [4.78, 5) is 21.3. The number of amides is 1. The first-order valence-corrected chi connectivity index (χ1v) is 5.26. The zero-order valence-corrected chi connectivity index (χ0v) is 8.93. The third kappa shape index (κ3) is 2.77. The van der Waals surface area contributed by atoms with Crippen LogP contribution >= 0.6 is 11.8 Å². The Morgan fingerprint density at radius 3 is 2.50 bits per heavy atom. The quantitative estimate of drug-likeness (QED) is 0.678. The normalized spacial score (nSPS) is 24.3. The smallest absolute Gasteiger partial charge is 0.328 e. The molecule has 0 aliphatic carbocycles. The first-order chi connectivity index (χ1) is 6.42. The number of nitrogens with one attached hydrogen (secondary N) is 1. The molecule has 0 saturated carbocycles. The molecule has 0 bridgehead atoms. The van der Waals surface area contributed by atoms with E-state index in [9.17, 15) is 9.59 Å². The topological polar surface area (TPSA) is 66.4 Å². The molecular formula is C9H13NO3S. The number of carboxylic acids is 1. The summed E-state index contributed by atoms with van der Waals surface area (Å²) in [7, 11) is 0. The van der Waals surface area contributed by atoms with Crippen molar-refractivity contribution in [2.45, 2.75) is 24.6 Å². The van der Waals surface area contributed by atoms with Crippen LogP contribution in [0.2, 0.25) is 0 Å². The summed E-state index contributed by atoms with van der Waals surface area (Å²) in [6.07, 6.45) is 1.88. The van der Waals surface area contributed by atoms with Crippen LogP contribution in [0.1, 0.15) is 13.8 Å². The predicted octanol–water partition coefficient (Wildman–Crippen LogP) is 0.637. The molecule has 1 saturated heterocycles. The van der Waals surface area contributed by atoms with E-state index in [0.29, 0.717) is 0 Å². The average molecular weight is 215 g/mol. The molecule has 5 heteroatoms. The summed E-state index contributed by atoms with van der Waals surface area (Å²) in [6, 6.07) is 0.137. The summed E-state index contributed by atoms with van der Waals surface area (Å²) in [5, 5.41) is 11.1. The van der Waals surface area contributed by atoms with Gasteiger partial charge in [-0.15, -0.1) is 0 Å². The van der Waals surface area contributed by atoms with E-state index in [1.54, 1.807) is 11.8 Å². The average Bonchev–Trinajstić information content (AvgIpc) is 2.09. The predicted molar refractivity (Wildman–Crippen MR) is 55.2 cm³/mol. The molecule has 0 radical (unpaired) electrons. The molecule has 2 N–H and O–H groups in total. The Bertz CT molecular complexity index is 286. The lowest BCUT2D eigenvalue weighted by Gasteiger charge is -2.43. The van der Waals surface area contributed by atoms with Crippen molar-refractivity contribution in [3.63, 3.8) is 0 Å². The second-order valence-electron chi connectivity index (χ2n) is 3.65. The number of rotatable bonds is 3. The van der Waals surface area contributed by atoms with Gasteiger partial charge in [-0.25, -0.2) is 4.79 Å². The molecule has 1 unspecified atom stereocenters. The molecular weight excluding hydrogens is 202 g/mol. The Morgan fingerprint density at radius 1 is 1.50 bits per heavy atom. The zero-order valence-electron chi connectivity index (χ0n) is 8.11. The molecule has 78 valence electrons. The van der Waals surface area contributed by atoms with Crippen LogP contribution in [0.3, 0.4) is 0 Å². The molecule has 0 aromatic carbocycles.